The first-order valence-electron chi connectivity index (χ1n) is 6.35. The number of aryl methyl sites for hydroxylation is 1. The maximum Gasteiger partial charge on any atom is 0.265 e. The summed E-state index contributed by atoms with van der Waals surface area (Å²) in [5.74, 6) is 0. The number of benzene rings is 1. The zero-order chi connectivity index (χ0) is 14.8. The van der Waals surface area contributed by atoms with E-state index in [1.807, 2.05) is 24.3 Å². The predicted octanol–water partition coefficient (Wildman–Crippen LogP) is 2.59. The molecule has 0 amide bonds. The van der Waals surface area contributed by atoms with Gasteiger partial charge in [0.2, 0.25) is 0 Å². The largest absolute Gasteiger partial charge is 0.326 e. The van der Waals surface area contributed by atoms with Gasteiger partial charge in [-0.1, -0.05) is 19.1 Å². The lowest BCUT2D eigenvalue weighted by molar-refractivity contribution is 0.594. The molecule has 20 heavy (non-hydrogen) atoms. The van der Waals surface area contributed by atoms with E-state index < -0.39 is 10.0 Å². The van der Waals surface area contributed by atoms with E-state index in [2.05, 4.69) is 6.92 Å². The Hall–Kier alpha value is -1.37. The van der Waals surface area contributed by atoms with Crippen LogP contribution < -0.4 is 10.0 Å². The number of nitrogens with two attached hydrogens (primary N) is 1. The van der Waals surface area contributed by atoms with E-state index in [-0.39, 0.29) is 6.54 Å². The zero-order valence-electron chi connectivity index (χ0n) is 11.5. The smallest absolute Gasteiger partial charge is 0.265 e. The van der Waals surface area contributed by atoms with Crippen molar-refractivity contribution in [3.05, 3.63) is 46.2 Å². The highest BCUT2D eigenvalue weighted by Gasteiger charge is 2.24. The van der Waals surface area contributed by atoms with E-state index in [4.69, 9.17) is 5.73 Å². The summed E-state index contributed by atoms with van der Waals surface area (Å²) in [5.41, 5.74) is 7.42. The highest BCUT2D eigenvalue weighted by molar-refractivity contribution is 7.93. The fraction of sp³-hybridized carbons (Fsp3) is 0.286. The van der Waals surface area contributed by atoms with Crippen molar-refractivity contribution in [3.63, 3.8) is 0 Å². The zero-order valence-corrected chi connectivity index (χ0v) is 13.2. The van der Waals surface area contributed by atoms with Gasteiger partial charge in [-0.15, -0.1) is 11.3 Å². The molecule has 0 fully saturated rings. The van der Waals surface area contributed by atoms with Crippen molar-refractivity contribution in [2.24, 2.45) is 5.73 Å². The monoisotopic (exact) mass is 310 g/mol. The molecule has 0 bridgehead atoms. The van der Waals surface area contributed by atoms with E-state index in [0.29, 0.717) is 15.5 Å². The fourth-order valence-corrected chi connectivity index (χ4v) is 4.44. The molecule has 4 nitrogen and oxygen atoms in total. The minimum Gasteiger partial charge on any atom is -0.326 e. The standard InChI is InChI=1S/C14H18N2O2S2/c1-3-11-4-6-12(7-5-11)16(2)20(17,18)14-8-9-19-13(14)10-15/h4-9H,3,10,15H2,1-2H3. The third-order valence-corrected chi connectivity index (χ3v) is 6.18. The Morgan fingerprint density at radius 3 is 2.40 bits per heavy atom. The van der Waals surface area contributed by atoms with Crippen molar-refractivity contribution in [1.29, 1.82) is 0 Å². The number of thiophene rings is 1. The lowest BCUT2D eigenvalue weighted by atomic mass is 10.1. The molecule has 2 N–H and O–H groups in total. The van der Waals surface area contributed by atoms with Crippen LogP contribution in [-0.2, 0) is 23.0 Å². The second kappa shape index (κ2) is 5.95. The van der Waals surface area contributed by atoms with Gasteiger partial charge in [0.25, 0.3) is 10.0 Å². The van der Waals surface area contributed by atoms with Gasteiger partial charge in [-0.3, -0.25) is 4.31 Å². The highest BCUT2D eigenvalue weighted by Crippen LogP contribution is 2.27. The van der Waals surface area contributed by atoms with Gasteiger partial charge in [0.1, 0.15) is 4.90 Å². The molecule has 0 spiro atoms. The highest BCUT2D eigenvalue weighted by atomic mass is 32.2. The predicted molar refractivity (Wildman–Crippen MR) is 83.6 cm³/mol. The number of sulfonamides is 1. The summed E-state index contributed by atoms with van der Waals surface area (Å²) >= 11 is 1.36. The van der Waals surface area contributed by atoms with Crippen molar-refractivity contribution in [1.82, 2.24) is 0 Å². The second-order valence-corrected chi connectivity index (χ2v) is 7.34. The first-order chi connectivity index (χ1) is 9.50. The van der Waals surface area contributed by atoms with E-state index in [0.717, 1.165) is 6.42 Å². The van der Waals surface area contributed by atoms with E-state index in [1.165, 1.54) is 21.2 Å². The summed E-state index contributed by atoms with van der Waals surface area (Å²) in [4.78, 5) is 0.981. The minimum absolute atomic E-state index is 0.231. The first kappa shape index (κ1) is 15.0. The second-order valence-electron chi connectivity index (χ2n) is 4.40. The van der Waals surface area contributed by atoms with Gasteiger partial charge in [0, 0.05) is 18.5 Å². The molecule has 0 radical (unpaired) electrons. The lowest BCUT2D eigenvalue weighted by Crippen LogP contribution is -2.27. The van der Waals surface area contributed by atoms with Gasteiger partial charge in [-0.25, -0.2) is 8.42 Å². The van der Waals surface area contributed by atoms with E-state index in [9.17, 15) is 8.42 Å². The normalized spacial score (nSPS) is 11.6. The number of nitrogens with zero attached hydrogens (tertiary/aromatic N) is 1. The summed E-state index contributed by atoms with van der Waals surface area (Å²) in [5, 5.41) is 1.75. The van der Waals surface area contributed by atoms with Crippen LogP contribution in [0.25, 0.3) is 0 Å². The molecule has 0 aliphatic rings. The third-order valence-electron chi connectivity index (χ3n) is 3.24. The molecular formula is C14H18N2O2S2. The van der Waals surface area contributed by atoms with Crippen molar-refractivity contribution in [2.45, 2.75) is 24.8 Å². The molecular weight excluding hydrogens is 292 g/mol. The Labute approximate surface area is 123 Å². The van der Waals surface area contributed by atoms with Crippen LogP contribution in [0.5, 0.6) is 0 Å². The Morgan fingerprint density at radius 1 is 1.20 bits per heavy atom. The summed E-state index contributed by atoms with van der Waals surface area (Å²) in [6.45, 7) is 2.29. The van der Waals surface area contributed by atoms with E-state index in [1.54, 1.807) is 18.5 Å². The molecule has 0 unspecified atom stereocenters. The van der Waals surface area contributed by atoms with Crippen LogP contribution in [0.4, 0.5) is 5.69 Å². The number of rotatable bonds is 5. The van der Waals surface area contributed by atoms with Crippen LogP contribution in [0.1, 0.15) is 17.4 Å². The van der Waals surface area contributed by atoms with Crippen molar-refractivity contribution < 1.29 is 8.42 Å². The molecule has 0 saturated carbocycles. The Bertz CT molecular complexity index is 675. The maximum absolute atomic E-state index is 12.6. The van der Waals surface area contributed by atoms with Crippen LogP contribution in [0, 0.1) is 0 Å². The number of hydrogen-bond acceptors (Lipinski definition) is 4. The Kier molecular flexibility index (Phi) is 4.47. The Balaban J connectivity index is 2.38. The molecule has 2 aromatic rings. The van der Waals surface area contributed by atoms with Crippen LogP contribution >= 0.6 is 11.3 Å². The van der Waals surface area contributed by atoms with Gasteiger partial charge >= 0.3 is 0 Å². The quantitative estimate of drug-likeness (QED) is 0.923. The average Bonchev–Trinajstić information content (AvgIpc) is 2.95. The molecule has 108 valence electrons. The summed E-state index contributed by atoms with van der Waals surface area (Å²) in [6, 6.07) is 9.15. The van der Waals surface area contributed by atoms with Gasteiger partial charge in [-0.2, -0.15) is 0 Å². The van der Waals surface area contributed by atoms with Gasteiger partial charge in [0.15, 0.2) is 0 Å². The van der Waals surface area contributed by atoms with Crippen LogP contribution in [0.2, 0.25) is 0 Å². The molecule has 6 heteroatoms. The Morgan fingerprint density at radius 2 is 1.85 bits per heavy atom. The topological polar surface area (TPSA) is 63.4 Å². The van der Waals surface area contributed by atoms with Gasteiger partial charge < -0.3 is 5.73 Å². The van der Waals surface area contributed by atoms with Crippen molar-refractivity contribution in [2.75, 3.05) is 11.4 Å². The van der Waals surface area contributed by atoms with Gasteiger partial charge in [0.05, 0.1) is 5.69 Å². The fourth-order valence-electron chi connectivity index (χ4n) is 1.94. The van der Waals surface area contributed by atoms with Crippen LogP contribution in [0.15, 0.2) is 40.6 Å². The van der Waals surface area contributed by atoms with Crippen molar-refractivity contribution >= 4 is 27.0 Å². The van der Waals surface area contributed by atoms with Gasteiger partial charge in [-0.05, 0) is 35.6 Å². The minimum atomic E-state index is -3.55. The number of hydrogen-bond donors (Lipinski definition) is 1. The van der Waals surface area contributed by atoms with Crippen LogP contribution in [-0.4, -0.2) is 15.5 Å². The molecule has 0 atom stereocenters. The summed E-state index contributed by atoms with van der Waals surface area (Å²) in [7, 11) is -1.98. The average molecular weight is 310 g/mol. The lowest BCUT2D eigenvalue weighted by Gasteiger charge is -2.19. The maximum atomic E-state index is 12.6. The SMILES string of the molecule is CCc1ccc(N(C)S(=O)(=O)c2ccsc2CN)cc1. The molecule has 0 aliphatic carbocycles. The van der Waals surface area contributed by atoms with Crippen molar-refractivity contribution in [3.8, 4) is 0 Å². The number of anilines is 1. The van der Waals surface area contributed by atoms with Crippen LogP contribution in [0.3, 0.4) is 0 Å². The molecule has 1 heterocycles. The first-order valence-corrected chi connectivity index (χ1v) is 8.67. The molecule has 1 aromatic heterocycles. The van der Waals surface area contributed by atoms with E-state index >= 15 is 0 Å². The summed E-state index contributed by atoms with van der Waals surface area (Å²) in [6.07, 6.45) is 0.929. The third kappa shape index (κ3) is 2.72. The molecule has 2 rings (SSSR count). The molecule has 0 aliphatic heterocycles. The molecule has 0 saturated heterocycles. The molecule has 1 aromatic carbocycles. The summed E-state index contributed by atoms with van der Waals surface area (Å²) < 4.78 is 26.5.